The molecule has 3 heteroatoms. The third-order valence-corrected chi connectivity index (χ3v) is 3.99. The van der Waals surface area contributed by atoms with Gasteiger partial charge in [-0.1, -0.05) is 0 Å². The minimum Gasteiger partial charge on any atom is -0.481 e. The zero-order valence-electron chi connectivity index (χ0n) is 7.88. The summed E-state index contributed by atoms with van der Waals surface area (Å²) < 4.78 is 0. The summed E-state index contributed by atoms with van der Waals surface area (Å²) in [5.41, 5.74) is 6.30. The van der Waals surface area contributed by atoms with Gasteiger partial charge in [-0.05, 0) is 43.9 Å². The van der Waals surface area contributed by atoms with Gasteiger partial charge in [-0.2, -0.15) is 0 Å². The highest BCUT2D eigenvalue weighted by atomic mass is 16.4. The quantitative estimate of drug-likeness (QED) is 0.682. The number of carbonyl (C=O) groups is 1. The Bertz CT molecular complexity index is 213. The second-order valence-electron chi connectivity index (χ2n) is 4.93. The van der Waals surface area contributed by atoms with Crippen LogP contribution in [0.1, 0.15) is 44.9 Å². The molecule has 2 bridgehead atoms. The molecule has 0 aromatic rings. The molecule has 0 aromatic heterocycles. The van der Waals surface area contributed by atoms with Gasteiger partial charge in [0.2, 0.25) is 0 Å². The summed E-state index contributed by atoms with van der Waals surface area (Å²) >= 11 is 0. The fraction of sp³-hybridized carbons (Fsp3) is 0.900. The zero-order valence-corrected chi connectivity index (χ0v) is 7.88. The molecule has 0 amide bonds. The van der Waals surface area contributed by atoms with E-state index in [1.807, 2.05) is 0 Å². The molecule has 0 aromatic carbocycles. The van der Waals surface area contributed by atoms with Crippen molar-refractivity contribution in [3.63, 3.8) is 0 Å². The normalized spacial score (nSPS) is 43.5. The van der Waals surface area contributed by atoms with Crippen molar-refractivity contribution in [2.45, 2.75) is 50.5 Å². The van der Waals surface area contributed by atoms with Crippen LogP contribution in [0.15, 0.2) is 0 Å². The summed E-state index contributed by atoms with van der Waals surface area (Å²) in [5.74, 6) is -0.647. The number of hydrogen-bond acceptors (Lipinski definition) is 2. The van der Waals surface area contributed by atoms with Crippen LogP contribution >= 0.6 is 0 Å². The number of hydrogen-bond donors (Lipinski definition) is 2. The van der Waals surface area contributed by atoms with Crippen molar-refractivity contribution in [1.29, 1.82) is 0 Å². The lowest BCUT2D eigenvalue weighted by molar-refractivity contribution is -0.142. The van der Waals surface area contributed by atoms with E-state index in [-0.39, 0.29) is 11.0 Å². The van der Waals surface area contributed by atoms with Crippen LogP contribution in [0, 0.1) is 5.41 Å². The Morgan fingerprint density at radius 3 is 2.00 bits per heavy atom. The molecule has 0 unspecified atom stereocenters. The third kappa shape index (κ3) is 1.57. The largest absolute Gasteiger partial charge is 0.481 e. The van der Waals surface area contributed by atoms with Gasteiger partial charge in [-0.3, -0.25) is 4.79 Å². The van der Waals surface area contributed by atoms with Crippen molar-refractivity contribution >= 4 is 5.97 Å². The van der Waals surface area contributed by atoms with Gasteiger partial charge in [0.05, 0.1) is 6.42 Å². The number of nitrogens with two attached hydrogens (primary N) is 1. The van der Waals surface area contributed by atoms with Crippen molar-refractivity contribution in [3.8, 4) is 0 Å². The molecular weight excluding hydrogens is 166 g/mol. The monoisotopic (exact) mass is 183 g/mol. The Hall–Kier alpha value is -0.570. The molecular formula is C10H17NO2. The summed E-state index contributed by atoms with van der Waals surface area (Å²) in [7, 11) is 0. The van der Waals surface area contributed by atoms with E-state index in [4.69, 9.17) is 10.8 Å². The maximum Gasteiger partial charge on any atom is 0.303 e. The molecule has 3 N–H and O–H groups in total. The average Bonchev–Trinajstić information content (AvgIpc) is 2.07. The van der Waals surface area contributed by atoms with E-state index in [1.54, 1.807) is 0 Å². The Labute approximate surface area is 78.3 Å². The maximum atomic E-state index is 10.7. The van der Waals surface area contributed by atoms with E-state index in [0.717, 1.165) is 38.5 Å². The van der Waals surface area contributed by atoms with Crippen molar-refractivity contribution in [2.75, 3.05) is 0 Å². The Morgan fingerprint density at radius 1 is 1.15 bits per heavy atom. The van der Waals surface area contributed by atoms with Gasteiger partial charge in [0.15, 0.2) is 0 Å². The molecule has 0 spiro atoms. The predicted octanol–water partition coefficient (Wildman–Crippen LogP) is 1.51. The van der Waals surface area contributed by atoms with Gasteiger partial charge in [-0.25, -0.2) is 0 Å². The highest BCUT2D eigenvalue weighted by Crippen LogP contribution is 2.52. The maximum absolute atomic E-state index is 10.7. The average molecular weight is 183 g/mol. The van der Waals surface area contributed by atoms with E-state index in [9.17, 15) is 4.79 Å². The van der Waals surface area contributed by atoms with Crippen LogP contribution in [0.4, 0.5) is 0 Å². The van der Waals surface area contributed by atoms with Crippen LogP contribution in [-0.2, 0) is 4.79 Å². The van der Waals surface area contributed by atoms with E-state index in [0.29, 0.717) is 6.42 Å². The topological polar surface area (TPSA) is 63.3 Å². The van der Waals surface area contributed by atoms with E-state index in [1.165, 1.54) is 0 Å². The standard InChI is InChI=1S/C10H17NO2/c11-10-4-1-9(2-5-10,3-6-10)7-8(12)13/h1-7,11H2,(H,12,13). The molecule has 74 valence electrons. The minimum absolute atomic E-state index is 0.0558. The Balaban J connectivity index is 2.07. The SMILES string of the molecule is NC12CCC(CC(=O)O)(CC1)CC2. The summed E-state index contributed by atoms with van der Waals surface area (Å²) in [6.07, 6.45) is 6.51. The molecule has 3 aliphatic carbocycles. The molecule has 0 radical (unpaired) electrons. The van der Waals surface area contributed by atoms with E-state index >= 15 is 0 Å². The number of rotatable bonds is 2. The first-order valence-electron chi connectivity index (χ1n) is 5.04. The van der Waals surface area contributed by atoms with E-state index in [2.05, 4.69) is 0 Å². The second-order valence-corrected chi connectivity index (χ2v) is 4.93. The molecule has 3 nitrogen and oxygen atoms in total. The minimum atomic E-state index is -0.647. The molecule has 13 heavy (non-hydrogen) atoms. The lowest BCUT2D eigenvalue weighted by Crippen LogP contribution is -2.52. The van der Waals surface area contributed by atoms with Crippen LogP contribution in [0.2, 0.25) is 0 Å². The van der Waals surface area contributed by atoms with Crippen LogP contribution in [-0.4, -0.2) is 16.6 Å². The number of carboxylic acids is 1. The lowest BCUT2D eigenvalue weighted by atomic mass is 9.56. The van der Waals surface area contributed by atoms with Gasteiger partial charge in [-0.15, -0.1) is 0 Å². The van der Waals surface area contributed by atoms with Crippen molar-refractivity contribution in [3.05, 3.63) is 0 Å². The van der Waals surface area contributed by atoms with Crippen LogP contribution in [0.5, 0.6) is 0 Å². The van der Waals surface area contributed by atoms with Gasteiger partial charge in [0.1, 0.15) is 0 Å². The van der Waals surface area contributed by atoms with Gasteiger partial charge >= 0.3 is 5.97 Å². The summed E-state index contributed by atoms with van der Waals surface area (Å²) in [6, 6.07) is 0. The van der Waals surface area contributed by atoms with Crippen molar-refractivity contribution in [2.24, 2.45) is 11.1 Å². The molecule has 0 atom stereocenters. The van der Waals surface area contributed by atoms with Crippen molar-refractivity contribution in [1.82, 2.24) is 0 Å². The van der Waals surface area contributed by atoms with Crippen LogP contribution < -0.4 is 5.73 Å². The molecule has 3 fully saturated rings. The smallest absolute Gasteiger partial charge is 0.303 e. The first-order chi connectivity index (χ1) is 6.04. The molecule has 3 aliphatic rings. The summed E-state index contributed by atoms with van der Waals surface area (Å²) in [4.78, 5) is 10.7. The van der Waals surface area contributed by atoms with Crippen LogP contribution in [0.25, 0.3) is 0 Å². The number of aliphatic carboxylic acids is 1. The lowest BCUT2D eigenvalue weighted by Gasteiger charge is -2.51. The van der Waals surface area contributed by atoms with Crippen molar-refractivity contribution < 1.29 is 9.90 Å². The molecule has 3 rings (SSSR count). The highest BCUT2D eigenvalue weighted by Gasteiger charge is 2.47. The molecule has 0 saturated heterocycles. The molecule has 0 aliphatic heterocycles. The first kappa shape index (κ1) is 9.00. The van der Waals surface area contributed by atoms with E-state index < -0.39 is 5.97 Å². The molecule has 3 saturated carbocycles. The fourth-order valence-electron chi connectivity index (χ4n) is 2.88. The Kier molecular flexibility index (Phi) is 1.88. The van der Waals surface area contributed by atoms with Gasteiger partial charge in [0.25, 0.3) is 0 Å². The zero-order chi connectivity index (χ0) is 9.53. The highest BCUT2D eigenvalue weighted by molar-refractivity contribution is 5.67. The summed E-state index contributed by atoms with van der Waals surface area (Å²) in [5, 5.41) is 8.81. The predicted molar refractivity (Wildman–Crippen MR) is 49.3 cm³/mol. The summed E-state index contributed by atoms with van der Waals surface area (Å²) in [6.45, 7) is 0. The Morgan fingerprint density at radius 2 is 1.62 bits per heavy atom. The van der Waals surface area contributed by atoms with Gasteiger partial charge in [0, 0.05) is 5.54 Å². The fourth-order valence-corrected chi connectivity index (χ4v) is 2.88. The first-order valence-corrected chi connectivity index (χ1v) is 5.04. The number of carboxylic acid groups (broad SMARTS) is 1. The van der Waals surface area contributed by atoms with Gasteiger partial charge < -0.3 is 10.8 Å². The second kappa shape index (κ2) is 2.71. The number of fused-ring (bicyclic) bond motifs is 3. The third-order valence-electron chi connectivity index (χ3n) is 3.99. The van der Waals surface area contributed by atoms with Crippen LogP contribution in [0.3, 0.4) is 0 Å². The molecule has 0 heterocycles.